The number of rotatable bonds is 5. The molecule has 4 nitrogen and oxygen atoms in total. The predicted molar refractivity (Wildman–Crippen MR) is 104 cm³/mol. The molecular weight excluding hydrogens is 344 g/mol. The molecule has 1 N–H and O–H groups in total. The Hall–Kier alpha value is -3.05. The second kappa shape index (κ2) is 7.45. The Morgan fingerprint density at radius 1 is 1.00 bits per heavy atom. The number of aromatic nitrogens is 1. The molecule has 0 radical (unpaired) electrons. The number of carbonyl (C=O) groups is 1. The van der Waals surface area contributed by atoms with Gasteiger partial charge in [0.05, 0.1) is 5.52 Å². The molecule has 130 valence electrons. The maximum Gasteiger partial charge on any atom is 0.409 e. The summed E-state index contributed by atoms with van der Waals surface area (Å²) in [4.78, 5) is 13.5. The zero-order valence-electron chi connectivity index (χ0n) is 14.0. The van der Waals surface area contributed by atoms with Crippen molar-refractivity contribution >= 4 is 28.3 Å². The number of nitrogens with zero attached hydrogens (tertiary/aromatic N) is 1. The van der Waals surface area contributed by atoms with Crippen molar-refractivity contribution in [3.05, 3.63) is 94.8 Å². The average Bonchev–Trinajstić information content (AvgIpc) is 3.35. The Morgan fingerprint density at radius 3 is 2.62 bits per heavy atom. The van der Waals surface area contributed by atoms with Crippen molar-refractivity contribution in [3.8, 4) is 0 Å². The lowest BCUT2D eigenvalue weighted by molar-refractivity contribution is 0.134. The van der Waals surface area contributed by atoms with Gasteiger partial charge in [0, 0.05) is 11.1 Å². The molecule has 5 heteroatoms. The van der Waals surface area contributed by atoms with E-state index in [1.807, 2.05) is 78.3 Å². The number of amides is 1. The molecule has 4 aromatic rings. The van der Waals surface area contributed by atoms with Crippen LogP contribution in [0.25, 0.3) is 10.9 Å². The van der Waals surface area contributed by atoms with Crippen molar-refractivity contribution in [2.45, 2.75) is 12.8 Å². The molecule has 0 saturated heterocycles. The third kappa shape index (κ3) is 3.48. The van der Waals surface area contributed by atoms with Crippen LogP contribution in [0.5, 0.6) is 0 Å². The Labute approximate surface area is 155 Å². The number of hydrogen-bond donors (Lipinski definition) is 1. The van der Waals surface area contributed by atoms with Gasteiger partial charge in [0.15, 0.2) is 0 Å². The van der Waals surface area contributed by atoms with E-state index in [-0.39, 0.29) is 12.8 Å². The summed E-state index contributed by atoms with van der Waals surface area (Å²) in [5.41, 5.74) is 2.02. The number of alkyl carbamates (subject to hydrolysis) is 1. The number of thiophene rings is 1. The number of fused-ring (bicyclic) bond motifs is 1. The molecule has 0 saturated carbocycles. The maximum absolute atomic E-state index is 12.4. The van der Waals surface area contributed by atoms with Crippen LogP contribution in [-0.4, -0.2) is 10.7 Å². The number of hydrogen-bond acceptors (Lipinski definition) is 3. The van der Waals surface area contributed by atoms with Gasteiger partial charge in [-0.05, 0) is 34.5 Å². The largest absolute Gasteiger partial charge is 0.445 e. The van der Waals surface area contributed by atoms with Crippen LogP contribution in [0, 0.1) is 0 Å². The van der Waals surface area contributed by atoms with Gasteiger partial charge in [0.1, 0.15) is 12.8 Å². The average molecular weight is 362 g/mol. The van der Waals surface area contributed by atoms with Crippen molar-refractivity contribution in [2.75, 3.05) is 0 Å². The molecule has 1 atom stereocenters. The molecule has 0 aliphatic heterocycles. The lowest BCUT2D eigenvalue weighted by Gasteiger charge is -2.20. The van der Waals surface area contributed by atoms with E-state index in [1.165, 1.54) is 0 Å². The summed E-state index contributed by atoms with van der Waals surface area (Å²) in [6.45, 7) is 0.246. The zero-order valence-corrected chi connectivity index (χ0v) is 14.9. The molecule has 2 heterocycles. The number of carbonyl (C=O) groups excluding carboxylic acids is 1. The zero-order chi connectivity index (χ0) is 17.8. The van der Waals surface area contributed by atoms with Gasteiger partial charge in [-0.15, -0.1) is 11.3 Å². The molecule has 0 spiro atoms. The summed E-state index contributed by atoms with van der Waals surface area (Å²) in [5, 5.41) is 6.13. The Kier molecular flexibility index (Phi) is 4.71. The van der Waals surface area contributed by atoms with E-state index in [0.29, 0.717) is 0 Å². The fourth-order valence-corrected chi connectivity index (χ4v) is 3.70. The van der Waals surface area contributed by atoms with E-state index in [2.05, 4.69) is 16.0 Å². The van der Waals surface area contributed by atoms with E-state index < -0.39 is 6.09 Å². The first-order chi connectivity index (χ1) is 12.8. The Balaban J connectivity index is 1.56. The first-order valence-corrected chi connectivity index (χ1v) is 9.25. The Bertz CT molecular complexity index is 993. The third-order valence-corrected chi connectivity index (χ3v) is 5.11. The minimum absolute atomic E-state index is 0.246. The monoisotopic (exact) mass is 362 g/mol. The number of para-hydroxylation sites is 1. The summed E-state index contributed by atoms with van der Waals surface area (Å²) in [6.07, 6.45) is 1.25. The van der Waals surface area contributed by atoms with Crippen molar-refractivity contribution in [2.24, 2.45) is 0 Å². The highest BCUT2D eigenvalue weighted by atomic mass is 32.1. The van der Waals surface area contributed by atoms with Crippen LogP contribution in [-0.2, 0) is 11.3 Å². The van der Waals surface area contributed by atoms with Crippen molar-refractivity contribution in [1.29, 1.82) is 0 Å². The van der Waals surface area contributed by atoms with Crippen molar-refractivity contribution in [3.63, 3.8) is 0 Å². The number of ether oxygens (including phenoxy) is 1. The van der Waals surface area contributed by atoms with Crippen LogP contribution >= 0.6 is 11.3 Å². The van der Waals surface area contributed by atoms with Crippen molar-refractivity contribution in [1.82, 2.24) is 9.88 Å². The van der Waals surface area contributed by atoms with Gasteiger partial charge < -0.3 is 9.30 Å². The lowest BCUT2D eigenvalue weighted by Crippen LogP contribution is -2.32. The van der Waals surface area contributed by atoms with Gasteiger partial charge >= 0.3 is 6.09 Å². The Morgan fingerprint density at radius 2 is 1.81 bits per heavy atom. The molecule has 2 aromatic heterocycles. The lowest BCUT2D eigenvalue weighted by atomic mass is 10.2. The van der Waals surface area contributed by atoms with Crippen LogP contribution < -0.4 is 5.32 Å². The van der Waals surface area contributed by atoms with Gasteiger partial charge in [0.25, 0.3) is 0 Å². The van der Waals surface area contributed by atoms with Crippen LogP contribution in [0.4, 0.5) is 4.79 Å². The molecule has 4 rings (SSSR count). The minimum Gasteiger partial charge on any atom is -0.445 e. The smallest absolute Gasteiger partial charge is 0.409 e. The van der Waals surface area contributed by atoms with E-state index in [4.69, 9.17) is 4.74 Å². The van der Waals surface area contributed by atoms with Gasteiger partial charge in [-0.25, -0.2) is 4.79 Å². The van der Waals surface area contributed by atoms with Gasteiger partial charge in [0.2, 0.25) is 0 Å². The number of benzene rings is 2. The summed E-state index contributed by atoms with van der Waals surface area (Å²) >= 11 is 1.60. The fourth-order valence-electron chi connectivity index (χ4n) is 2.93. The molecule has 1 amide bonds. The van der Waals surface area contributed by atoms with E-state index in [1.54, 1.807) is 11.3 Å². The summed E-state index contributed by atoms with van der Waals surface area (Å²) in [7, 11) is 0. The molecule has 0 fully saturated rings. The molecular formula is C21H18N2O2S. The van der Waals surface area contributed by atoms with E-state index >= 15 is 0 Å². The normalized spacial score (nSPS) is 12.0. The summed E-state index contributed by atoms with van der Waals surface area (Å²) < 4.78 is 7.47. The minimum atomic E-state index is -0.440. The van der Waals surface area contributed by atoms with E-state index in [9.17, 15) is 4.79 Å². The van der Waals surface area contributed by atoms with E-state index in [0.717, 1.165) is 21.3 Å². The highest BCUT2D eigenvalue weighted by Gasteiger charge is 2.19. The standard InChI is InChI=1S/C21H18N2O2S/c24-21(25-15-16-7-2-1-3-8-16)22-20(19-11-6-14-26-19)23-13-12-17-9-4-5-10-18(17)23/h1-14,20H,15H2,(H,22,24)/t20-/m1/s1. The fraction of sp³-hybridized carbons (Fsp3) is 0.0952. The molecule has 26 heavy (non-hydrogen) atoms. The molecule has 0 aliphatic carbocycles. The molecule has 0 aliphatic rings. The molecule has 0 unspecified atom stereocenters. The summed E-state index contributed by atoms with van der Waals surface area (Å²) in [5.74, 6) is 0. The first kappa shape index (κ1) is 16.4. The van der Waals surface area contributed by atoms with Crippen LogP contribution in [0.3, 0.4) is 0 Å². The maximum atomic E-state index is 12.4. The third-order valence-electron chi connectivity index (χ3n) is 4.19. The van der Waals surface area contributed by atoms with Crippen LogP contribution in [0.15, 0.2) is 84.4 Å². The first-order valence-electron chi connectivity index (χ1n) is 8.37. The van der Waals surface area contributed by atoms with Crippen molar-refractivity contribution < 1.29 is 9.53 Å². The predicted octanol–water partition coefficient (Wildman–Crippen LogP) is 5.18. The summed E-state index contributed by atoms with van der Waals surface area (Å²) in [6, 6.07) is 23.8. The van der Waals surface area contributed by atoms with Gasteiger partial charge in [-0.3, -0.25) is 5.32 Å². The second-order valence-corrected chi connectivity index (χ2v) is 6.89. The quantitative estimate of drug-likeness (QED) is 0.532. The topological polar surface area (TPSA) is 43.3 Å². The highest BCUT2D eigenvalue weighted by Crippen LogP contribution is 2.26. The molecule has 0 bridgehead atoms. The van der Waals surface area contributed by atoms with Gasteiger partial charge in [-0.2, -0.15) is 0 Å². The molecule has 2 aromatic carbocycles. The van der Waals surface area contributed by atoms with Crippen LogP contribution in [0.2, 0.25) is 0 Å². The number of nitrogens with one attached hydrogen (secondary N) is 1. The highest BCUT2D eigenvalue weighted by molar-refractivity contribution is 7.10. The second-order valence-electron chi connectivity index (χ2n) is 5.91. The van der Waals surface area contributed by atoms with Gasteiger partial charge in [-0.1, -0.05) is 54.6 Å². The SMILES string of the molecule is O=C(N[C@@H](c1cccs1)n1ccc2ccccc21)OCc1ccccc1. The van der Waals surface area contributed by atoms with Crippen LogP contribution in [0.1, 0.15) is 16.6 Å².